The third-order valence-electron chi connectivity index (χ3n) is 7.62. The molecule has 32 heavy (non-hydrogen) atoms. The molecule has 1 N–H and O–H groups in total. The molecule has 0 atom stereocenters. The molecule has 172 valence electrons. The minimum Gasteiger partial charge on any atom is -0.481 e. The van der Waals surface area contributed by atoms with E-state index in [-0.39, 0.29) is 5.82 Å². The zero-order chi connectivity index (χ0) is 22.5. The third kappa shape index (κ3) is 3.96. The van der Waals surface area contributed by atoms with E-state index in [9.17, 15) is 14.3 Å². The highest BCUT2D eigenvalue weighted by molar-refractivity contribution is 6.30. The van der Waals surface area contributed by atoms with Crippen LogP contribution in [0.15, 0.2) is 24.3 Å². The Morgan fingerprint density at radius 1 is 1.16 bits per heavy atom. The van der Waals surface area contributed by atoms with Crippen LogP contribution in [0.25, 0.3) is 0 Å². The van der Waals surface area contributed by atoms with Crippen LogP contribution in [-0.2, 0) is 27.1 Å². The summed E-state index contributed by atoms with van der Waals surface area (Å²) in [6, 6.07) is 5.90. The number of aromatic nitrogens is 2. The molecule has 0 saturated heterocycles. The molecule has 0 bridgehead atoms. The number of carboxylic acid groups (broad SMARTS) is 1. The van der Waals surface area contributed by atoms with Crippen molar-refractivity contribution in [2.45, 2.75) is 75.9 Å². The van der Waals surface area contributed by atoms with Gasteiger partial charge in [-0.3, -0.25) is 4.79 Å². The highest BCUT2D eigenvalue weighted by atomic mass is 35.5. The topological polar surface area (TPSA) is 64.3 Å². The summed E-state index contributed by atoms with van der Waals surface area (Å²) in [4.78, 5) is 17.4. The number of rotatable bonds is 8. The lowest BCUT2D eigenvalue weighted by Crippen LogP contribution is -2.47. The largest absolute Gasteiger partial charge is 0.481 e. The Morgan fingerprint density at radius 3 is 2.34 bits per heavy atom. The van der Waals surface area contributed by atoms with Crippen molar-refractivity contribution < 1.29 is 19.0 Å². The smallest absolute Gasteiger partial charge is 0.314 e. The molecule has 0 amide bonds. The summed E-state index contributed by atoms with van der Waals surface area (Å²) < 4.78 is 22.3. The number of imidazole rings is 1. The van der Waals surface area contributed by atoms with E-state index in [0.29, 0.717) is 54.8 Å². The molecule has 1 aromatic heterocycles. The molecular weight excluding hydrogens is 431 g/mol. The van der Waals surface area contributed by atoms with E-state index in [2.05, 4.69) is 4.57 Å². The summed E-state index contributed by atoms with van der Waals surface area (Å²) in [6.45, 7) is 3.43. The number of hydrogen-bond donors (Lipinski definition) is 1. The van der Waals surface area contributed by atoms with Crippen LogP contribution in [0.5, 0.6) is 0 Å². The Hall–Kier alpha value is -1.92. The molecule has 0 unspecified atom stereocenters. The maximum atomic E-state index is 13.5. The van der Waals surface area contributed by atoms with Gasteiger partial charge in [0.1, 0.15) is 22.4 Å². The van der Waals surface area contributed by atoms with Crippen LogP contribution in [0.1, 0.15) is 68.4 Å². The first-order valence-electron chi connectivity index (χ1n) is 11.7. The van der Waals surface area contributed by atoms with E-state index in [1.54, 1.807) is 12.1 Å². The quantitative estimate of drug-likeness (QED) is 0.555. The van der Waals surface area contributed by atoms with Crippen LogP contribution in [0, 0.1) is 24.6 Å². The fourth-order valence-corrected chi connectivity index (χ4v) is 5.29. The minimum absolute atomic E-state index is 0.362. The van der Waals surface area contributed by atoms with Crippen LogP contribution in [0.4, 0.5) is 4.39 Å². The predicted molar refractivity (Wildman–Crippen MR) is 119 cm³/mol. The van der Waals surface area contributed by atoms with Crippen molar-refractivity contribution in [3.63, 3.8) is 0 Å². The highest BCUT2D eigenvalue weighted by Gasteiger charge is 2.52. The van der Waals surface area contributed by atoms with Crippen molar-refractivity contribution in [3.05, 3.63) is 52.3 Å². The van der Waals surface area contributed by atoms with Crippen molar-refractivity contribution in [2.24, 2.45) is 11.8 Å². The molecule has 3 aliphatic rings. The van der Waals surface area contributed by atoms with Crippen molar-refractivity contribution in [2.75, 3.05) is 6.61 Å². The number of halogens is 2. The molecule has 1 aromatic carbocycles. The first-order valence-corrected chi connectivity index (χ1v) is 12.1. The Labute approximate surface area is 192 Å². The van der Waals surface area contributed by atoms with Crippen LogP contribution in [-0.4, -0.2) is 27.2 Å². The lowest BCUT2D eigenvalue weighted by atomic mass is 9.65. The average molecular weight is 461 g/mol. The Balaban J connectivity index is 1.49. The molecule has 0 spiro atoms. The Kier molecular flexibility index (Phi) is 5.57. The predicted octanol–water partition coefficient (Wildman–Crippen LogP) is 5.61. The molecule has 0 radical (unpaired) electrons. The standard InChI is InChI=1S/C25H30ClFN2O3/c1-16-21(26)29(14-17-2-3-17)22(28-16)25(32-15-18-4-5-18)12-10-24(11-13-25,23(30)31)19-6-8-20(27)9-7-19/h6-9,17-18H,2-5,10-15H2,1H3,(H,30,31). The number of aliphatic carboxylic acids is 1. The summed E-state index contributed by atoms with van der Waals surface area (Å²) in [7, 11) is 0. The van der Waals surface area contributed by atoms with Gasteiger partial charge >= 0.3 is 5.97 Å². The molecule has 7 heteroatoms. The maximum absolute atomic E-state index is 13.5. The summed E-state index contributed by atoms with van der Waals surface area (Å²) in [5.74, 6) is 0.834. The van der Waals surface area contributed by atoms with Gasteiger partial charge in [0.2, 0.25) is 0 Å². The molecule has 3 aliphatic carbocycles. The van der Waals surface area contributed by atoms with Gasteiger partial charge in [-0.05, 0) is 87.8 Å². The van der Waals surface area contributed by atoms with Crippen molar-refractivity contribution in [1.29, 1.82) is 0 Å². The first kappa shape index (κ1) is 21.9. The number of nitrogens with zero attached hydrogens (tertiary/aromatic N) is 2. The monoisotopic (exact) mass is 460 g/mol. The average Bonchev–Trinajstić information content (AvgIpc) is 3.70. The molecule has 3 saturated carbocycles. The van der Waals surface area contributed by atoms with Crippen molar-refractivity contribution >= 4 is 17.6 Å². The second kappa shape index (κ2) is 8.14. The van der Waals surface area contributed by atoms with Gasteiger partial charge in [0.15, 0.2) is 0 Å². The van der Waals surface area contributed by atoms with E-state index in [1.807, 2.05) is 6.92 Å². The van der Waals surface area contributed by atoms with Gasteiger partial charge in [-0.15, -0.1) is 0 Å². The lowest BCUT2D eigenvalue weighted by Gasteiger charge is -2.44. The van der Waals surface area contributed by atoms with Gasteiger partial charge < -0.3 is 14.4 Å². The number of carboxylic acids is 1. The second-order valence-electron chi connectivity index (χ2n) is 10.0. The maximum Gasteiger partial charge on any atom is 0.314 e. The van der Waals surface area contributed by atoms with Crippen molar-refractivity contribution in [3.8, 4) is 0 Å². The zero-order valence-corrected chi connectivity index (χ0v) is 19.2. The first-order chi connectivity index (χ1) is 15.3. The minimum atomic E-state index is -1.05. The molecular formula is C25H30ClFN2O3. The van der Waals surface area contributed by atoms with Gasteiger partial charge in [-0.1, -0.05) is 23.7 Å². The van der Waals surface area contributed by atoms with Gasteiger partial charge in [-0.25, -0.2) is 9.37 Å². The summed E-state index contributed by atoms with van der Waals surface area (Å²) in [6.07, 6.45) is 6.67. The molecule has 0 aliphatic heterocycles. The lowest BCUT2D eigenvalue weighted by molar-refractivity contribution is -0.151. The van der Waals surface area contributed by atoms with Crippen LogP contribution in [0.3, 0.4) is 0 Å². The van der Waals surface area contributed by atoms with Gasteiger partial charge in [0, 0.05) is 6.54 Å². The number of carbonyl (C=O) groups is 1. The van der Waals surface area contributed by atoms with E-state index in [1.165, 1.54) is 37.8 Å². The summed E-state index contributed by atoms with van der Waals surface area (Å²) in [5, 5.41) is 10.9. The number of benzene rings is 1. The summed E-state index contributed by atoms with van der Waals surface area (Å²) in [5.41, 5.74) is -0.246. The number of ether oxygens (including phenoxy) is 1. The molecule has 1 heterocycles. The van der Waals surface area contributed by atoms with Crippen LogP contribution >= 0.6 is 11.6 Å². The van der Waals surface area contributed by atoms with E-state index < -0.39 is 17.0 Å². The van der Waals surface area contributed by atoms with Gasteiger partial charge in [0.25, 0.3) is 0 Å². The zero-order valence-electron chi connectivity index (χ0n) is 18.4. The normalized spacial score (nSPS) is 28.1. The molecule has 5 rings (SSSR count). The molecule has 2 aromatic rings. The van der Waals surface area contributed by atoms with E-state index in [4.69, 9.17) is 21.3 Å². The van der Waals surface area contributed by atoms with Crippen LogP contribution in [0.2, 0.25) is 5.15 Å². The number of hydrogen-bond acceptors (Lipinski definition) is 3. The molecule has 3 fully saturated rings. The van der Waals surface area contributed by atoms with E-state index >= 15 is 0 Å². The third-order valence-corrected chi connectivity index (χ3v) is 8.10. The SMILES string of the molecule is Cc1nc(C2(OCC3CC3)CCC(C(=O)O)(c3ccc(F)cc3)CC2)n(CC2CC2)c1Cl. The second-order valence-corrected chi connectivity index (χ2v) is 10.4. The van der Waals surface area contributed by atoms with E-state index in [0.717, 1.165) is 18.1 Å². The van der Waals surface area contributed by atoms with Gasteiger partial charge in [-0.2, -0.15) is 0 Å². The Morgan fingerprint density at radius 2 is 1.78 bits per heavy atom. The fourth-order valence-electron chi connectivity index (χ4n) is 5.10. The summed E-state index contributed by atoms with van der Waals surface area (Å²) >= 11 is 6.67. The van der Waals surface area contributed by atoms with Crippen LogP contribution < -0.4 is 0 Å². The molecule has 5 nitrogen and oxygen atoms in total. The fraction of sp³-hybridized carbons (Fsp3) is 0.600. The van der Waals surface area contributed by atoms with Gasteiger partial charge in [0.05, 0.1) is 17.7 Å². The van der Waals surface area contributed by atoms with Crippen molar-refractivity contribution in [1.82, 2.24) is 9.55 Å². The Bertz CT molecular complexity index is 1000. The highest BCUT2D eigenvalue weighted by Crippen LogP contribution is 2.51. The number of aryl methyl sites for hydroxylation is 1.